The van der Waals surface area contributed by atoms with Crippen molar-refractivity contribution in [3.05, 3.63) is 71.9 Å². The zero-order valence-electron chi connectivity index (χ0n) is 11.8. The van der Waals surface area contributed by atoms with E-state index in [0.717, 1.165) is 22.2 Å². The van der Waals surface area contributed by atoms with Crippen LogP contribution in [-0.4, -0.2) is 12.0 Å². The van der Waals surface area contributed by atoms with Gasteiger partial charge in [-0.2, -0.15) is 5.26 Å². The molecule has 1 aromatic heterocycles. The third-order valence-corrected chi connectivity index (χ3v) is 3.56. The van der Waals surface area contributed by atoms with Crippen molar-refractivity contribution in [1.82, 2.24) is 4.98 Å². The molecule has 0 fully saturated rings. The summed E-state index contributed by atoms with van der Waals surface area (Å²) < 4.78 is 0. The van der Waals surface area contributed by atoms with Crippen molar-refractivity contribution in [3.63, 3.8) is 0 Å². The van der Waals surface area contributed by atoms with Crippen LogP contribution in [-0.2, 0) is 6.54 Å². The van der Waals surface area contributed by atoms with E-state index in [1.54, 1.807) is 0 Å². The first-order valence-corrected chi connectivity index (χ1v) is 6.82. The third kappa shape index (κ3) is 2.56. The number of hydrogen-bond donors (Lipinski definition) is 0. The van der Waals surface area contributed by atoms with Crippen molar-refractivity contribution in [3.8, 4) is 6.07 Å². The van der Waals surface area contributed by atoms with Gasteiger partial charge in [0, 0.05) is 25.2 Å². The standard InChI is InChI=1S/C18H15N3/c1-21(17-10-3-2-6-15(17)12-19)13-16-8-4-7-14-9-5-11-20-18(14)16/h2-11H,13H2,1H3. The molecular formula is C18H15N3. The van der Waals surface area contributed by atoms with Crippen LogP contribution in [0.3, 0.4) is 0 Å². The topological polar surface area (TPSA) is 39.9 Å². The normalized spacial score (nSPS) is 10.3. The molecule has 102 valence electrons. The number of rotatable bonds is 3. The SMILES string of the molecule is CN(Cc1cccc2cccnc12)c1ccccc1C#N. The van der Waals surface area contributed by atoms with E-state index >= 15 is 0 Å². The van der Waals surface area contributed by atoms with Gasteiger partial charge >= 0.3 is 0 Å². The Morgan fingerprint density at radius 2 is 1.86 bits per heavy atom. The first kappa shape index (κ1) is 13.1. The molecule has 0 amide bonds. The summed E-state index contributed by atoms with van der Waals surface area (Å²) in [6.07, 6.45) is 1.81. The minimum absolute atomic E-state index is 0.688. The maximum absolute atomic E-state index is 9.22. The van der Waals surface area contributed by atoms with Crippen molar-refractivity contribution in [2.45, 2.75) is 6.54 Å². The lowest BCUT2D eigenvalue weighted by atomic mass is 10.1. The Morgan fingerprint density at radius 1 is 1.05 bits per heavy atom. The summed E-state index contributed by atoms with van der Waals surface area (Å²) in [6, 6.07) is 20.1. The number of nitrogens with zero attached hydrogens (tertiary/aromatic N) is 3. The van der Waals surface area contributed by atoms with Crippen LogP contribution in [0.2, 0.25) is 0 Å². The molecule has 3 heteroatoms. The minimum Gasteiger partial charge on any atom is -0.369 e. The van der Waals surface area contributed by atoms with Crippen molar-refractivity contribution in [2.75, 3.05) is 11.9 Å². The first-order chi connectivity index (χ1) is 10.3. The molecule has 0 bridgehead atoms. The maximum Gasteiger partial charge on any atom is 0.101 e. The van der Waals surface area contributed by atoms with Crippen molar-refractivity contribution in [1.29, 1.82) is 5.26 Å². The predicted octanol–water partition coefficient (Wildman–Crippen LogP) is 3.74. The minimum atomic E-state index is 0.688. The zero-order valence-corrected chi connectivity index (χ0v) is 11.8. The van der Waals surface area contributed by atoms with Crippen molar-refractivity contribution < 1.29 is 0 Å². The largest absolute Gasteiger partial charge is 0.369 e. The van der Waals surface area contributed by atoms with E-state index in [1.165, 1.54) is 0 Å². The molecule has 3 rings (SSSR count). The Morgan fingerprint density at radius 3 is 2.71 bits per heavy atom. The summed E-state index contributed by atoms with van der Waals surface area (Å²) in [4.78, 5) is 6.56. The average molecular weight is 273 g/mol. The predicted molar refractivity (Wildman–Crippen MR) is 85.0 cm³/mol. The second-order valence-electron chi connectivity index (χ2n) is 4.98. The van der Waals surface area contributed by atoms with Gasteiger partial charge in [0.15, 0.2) is 0 Å². The number of fused-ring (bicyclic) bond motifs is 1. The third-order valence-electron chi connectivity index (χ3n) is 3.56. The van der Waals surface area contributed by atoms with Crippen LogP contribution in [0.15, 0.2) is 60.8 Å². The molecule has 3 nitrogen and oxygen atoms in total. The lowest BCUT2D eigenvalue weighted by Crippen LogP contribution is -2.17. The molecule has 0 spiro atoms. The number of hydrogen-bond acceptors (Lipinski definition) is 3. The van der Waals surface area contributed by atoms with E-state index in [9.17, 15) is 5.26 Å². The van der Waals surface area contributed by atoms with Crippen molar-refractivity contribution in [2.24, 2.45) is 0 Å². The van der Waals surface area contributed by atoms with Crippen LogP contribution >= 0.6 is 0 Å². The Balaban J connectivity index is 1.97. The summed E-state index contributed by atoms with van der Waals surface area (Å²) >= 11 is 0. The van der Waals surface area contributed by atoms with Crippen LogP contribution in [0.1, 0.15) is 11.1 Å². The highest BCUT2D eigenvalue weighted by Crippen LogP contribution is 2.23. The second-order valence-corrected chi connectivity index (χ2v) is 4.98. The van der Waals surface area contributed by atoms with Crippen LogP contribution in [0.4, 0.5) is 5.69 Å². The molecule has 0 atom stereocenters. The highest BCUT2D eigenvalue weighted by atomic mass is 15.1. The van der Waals surface area contributed by atoms with Gasteiger partial charge in [-0.3, -0.25) is 4.98 Å². The molecule has 0 unspecified atom stereocenters. The van der Waals surface area contributed by atoms with Gasteiger partial charge < -0.3 is 4.90 Å². The van der Waals surface area contributed by atoms with E-state index in [2.05, 4.69) is 34.2 Å². The molecule has 0 aliphatic heterocycles. The van der Waals surface area contributed by atoms with Crippen LogP contribution in [0, 0.1) is 11.3 Å². The number of nitriles is 1. The van der Waals surface area contributed by atoms with Crippen LogP contribution < -0.4 is 4.90 Å². The number of benzene rings is 2. The van der Waals surface area contributed by atoms with Gasteiger partial charge in [0.05, 0.1) is 16.8 Å². The summed E-state index contributed by atoms with van der Waals surface area (Å²) in [6.45, 7) is 0.715. The van der Waals surface area contributed by atoms with Gasteiger partial charge in [-0.1, -0.05) is 36.4 Å². The molecule has 0 aliphatic rings. The van der Waals surface area contributed by atoms with Crippen LogP contribution in [0.5, 0.6) is 0 Å². The molecule has 21 heavy (non-hydrogen) atoms. The second kappa shape index (κ2) is 5.64. The van der Waals surface area contributed by atoms with Gasteiger partial charge in [-0.15, -0.1) is 0 Å². The molecule has 0 radical (unpaired) electrons. The van der Waals surface area contributed by atoms with E-state index in [1.807, 2.05) is 49.6 Å². The fraction of sp³-hybridized carbons (Fsp3) is 0.111. The molecule has 3 aromatic rings. The Kier molecular flexibility index (Phi) is 3.53. The smallest absolute Gasteiger partial charge is 0.101 e. The Labute approximate surface area is 124 Å². The summed E-state index contributed by atoms with van der Waals surface area (Å²) in [5.41, 5.74) is 3.80. The van der Waals surface area contributed by atoms with Gasteiger partial charge in [-0.25, -0.2) is 0 Å². The maximum atomic E-state index is 9.22. The monoisotopic (exact) mass is 273 g/mol. The van der Waals surface area contributed by atoms with Crippen molar-refractivity contribution >= 4 is 16.6 Å². The Hall–Kier alpha value is -2.86. The van der Waals surface area contributed by atoms with Crippen LogP contribution in [0.25, 0.3) is 10.9 Å². The zero-order chi connectivity index (χ0) is 14.7. The quantitative estimate of drug-likeness (QED) is 0.729. The highest BCUT2D eigenvalue weighted by Gasteiger charge is 2.09. The van der Waals surface area contributed by atoms with Gasteiger partial charge in [0.2, 0.25) is 0 Å². The van der Waals surface area contributed by atoms with Gasteiger partial charge in [-0.05, 0) is 23.8 Å². The number of pyridine rings is 1. The molecule has 0 aliphatic carbocycles. The molecular weight excluding hydrogens is 258 g/mol. The molecule has 0 saturated carbocycles. The number of para-hydroxylation sites is 2. The summed E-state index contributed by atoms with van der Waals surface area (Å²) in [7, 11) is 2.00. The lowest BCUT2D eigenvalue weighted by Gasteiger charge is -2.21. The van der Waals surface area contributed by atoms with E-state index in [4.69, 9.17) is 0 Å². The molecule has 2 aromatic carbocycles. The van der Waals surface area contributed by atoms with Gasteiger partial charge in [0.25, 0.3) is 0 Å². The number of anilines is 1. The fourth-order valence-electron chi connectivity index (χ4n) is 2.54. The first-order valence-electron chi connectivity index (χ1n) is 6.82. The number of aromatic nitrogens is 1. The van der Waals surface area contributed by atoms with E-state index < -0.39 is 0 Å². The summed E-state index contributed by atoms with van der Waals surface area (Å²) in [5, 5.41) is 10.4. The van der Waals surface area contributed by atoms with Gasteiger partial charge in [0.1, 0.15) is 6.07 Å². The molecule has 0 N–H and O–H groups in total. The molecule has 0 saturated heterocycles. The van der Waals surface area contributed by atoms with E-state index in [-0.39, 0.29) is 0 Å². The average Bonchev–Trinajstić information content (AvgIpc) is 2.55. The summed E-state index contributed by atoms with van der Waals surface area (Å²) in [5.74, 6) is 0. The lowest BCUT2D eigenvalue weighted by molar-refractivity contribution is 0.925. The molecule has 1 heterocycles. The van der Waals surface area contributed by atoms with E-state index in [0.29, 0.717) is 12.1 Å². The highest BCUT2D eigenvalue weighted by molar-refractivity contribution is 5.81. The fourth-order valence-corrected chi connectivity index (χ4v) is 2.54. The Bertz CT molecular complexity index is 813.